The lowest BCUT2D eigenvalue weighted by molar-refractivity contribution is -0.0791. The van der Waals surface area contributed by atoms with Gasteiger partial charge in [-0.05, 0) is 32.6 Å². The number of hydrogen-bond acceptors (Lipinski definition) is 4. The number of amides is 1. The summed E-state index contributed by atoms with van der Waals surface area (Å²) >= 11 is 0. The van der Waals surface area contributed by atoms with Crippen molar-refractivity contribution < 1.29 is 24.5 Å². The Balaban J connectivity index is 4.07. The average Bonchev–Trinajstić information content (AvgIpc) is 2.91. The van der Waals surface area contributed by atoms with Crippen molar-refractivity contribution in [2.24, 2.45) is 0 Å². The van der Waals surface area contributed by atoms with Crippen LogP contribution >= 0.6 is 0 Å². The Morgan fingerprint density at radius 3 is 1.66 bits per heavy atom. The van der Waals surface area contributed by atoms with E-state index in [1.54, 1.807) is 14.2 Å². The van der Waals surface area contributed by atoms with Gasteiger partial charge in [0.1, 0.15) is 0 Å². The number of nitrogens with zero attached hydrogens (tertiary/aromatic N) is 1. The minimum Gasteiger partial charge on any atom is -0.465 e. The molecule has 0 rings (SSSR count). The van der Waals surface area contributed by atoms with E-state index < -0.39 is 11.7 Å². The van der Waals surface area contributed by atoms with Crippen molar-refractivity contribution in [2.45, 2.75) is 167 Å². The number of methoxy groups -OCH3 is 1. The van der Waals surface area contributed by atoms with E-state index in [1.165, 1.54) is 88.4 Å². The normalized spacial score (nSPS) is 13.9. The lowest BCUT2D eigenvalue weighted by Crippen LogP contribution is -2.45. The Kier molecular flexibility index (Phi) is 25.8. The highest BCUT2D eigenvalue weighted by Gasteiger charge is 2.31. The Hall–Kier alpha value is -0.850. The topological polar surface area (TPSA) is 79.2 Å². The average molecular weight is 544 g/mol. The van der Waals surface area contributed by atoms with E-state index in [0.717, 1.165) is 51.4 Å². The van der Waals surface area contributed by atoms with E-state index in [-0.39, 0.29) is 12.6 Å². The first-order chi connectivity index (χ1) is 18.4. The van der Waals surface area contributed by atoms with Gasteiger partial charge in [0.05, 0.1) is 12.2 Å². The summed E-state index contributed by atoms with van der Waals surface area (Å²) in [7, 11) is 3.38. The molecule has 0 spiro atoms. The molecule has 0 saturated carbocycles. The lowest BCUT2D eigenvalue weighted by Gasteiger charge is -2.35. The second-order valence-corrected chi connectivity index (χ2v) is 11.7. The van der Waals surface area contributed by atoms with Crippen LogP contribution in [-0.2, 0) is 9.47 Å². The molecule has 0 fully saturated rings. The van der Waals surface area contributed by atoms with Crippen molar-refractivity contribution in [3.63, 3.8) is 0 Å². The van der Waals surface area contributed by atoms with E-state index in [0.29, 0.717) is 19.6 Å². The molecule has 0 saturated heterocycles. The van der Waals surface area contributed by atoms with Crippen molar-refractivity contribution in [3.8, 4) is 0 Å². The number of aliphatic hydroxyl groups excluding tert-OH is 1. The second-order valence-electron chi connectivity index (χ2n) is 11.7. The Labute approximate surface area is 236 Å². The van der Waals surface area contributed by atoms with Crippen LogP contribution < -0.4 is 0 Å². The molecule has 0 aromatic carbocycles. The van der Waals surface area contributed by atoms with Crippen molar-refractivity contribution in [1.29, 1.82) is 0 Å². The second kappa shape index (κ2) is 26.4. The summed E-state index contributed by atoms with van der Waals surface area (Å²) in [5.74, 6) is 0. The highest BCUT2D eigenvalue weighted by Crippen LogP contribution is 2.24. The third-order valence-electron chi connectivity index (χ3n) is 8.00. The molecule has 0 heterocycles. The first-order valence-electron chi connectivity index (χ1n) is 16.1. The van der Waals surface area contributed by atoms with Crippen molar-refractivity contribution >= 4 is 6.09 Å². The Morgan fingerprint density at radius 2 is 1.21 bits per heavy atom. The molecule has 2 atom stereocenters. The largest absolute Gasteiger partial charge is 0.465 e. The van der Waals surface area contributed by atoms with Gasteiger partial charge in [-0.15, -0.1) is 0 Å². The fraction of sp³-hybridized carbons (Fsp3) is 0.969. The molecule has 6 nitrogen and oxygen atoms in total. The minimum atomic E-state index is -0.877. The third-order valence-corrected chi connectivity index (χ3v) is 8.00. The molecule has 0 aromatic heterocycles. The van der Waals surface area contributed by atoms with E-state index in [1.807, 2.05) is 6.92 Å². The highest BCUT2D eigenvalue weighted by molar-refractivity contribution is 5.64. The number of ether oxygens (including phenoxy) is 2. The fourth-order valence-corrected chi connectivity index (χ4v) is 5.17. The SMILES string of the molecule is CCCCCCCCCCCCCCCCCC(CC(C)(COCCCCCCCO)OC)N(C)C(=O)O. The van der Waals surface area contributed by atoms with Crippen molar-refractivity contribution in [2.75, 3.05) is 34.0 Å². The van der Waals surface area contributed by atoms with Gasteiger partial charge in [-0.25, -0.2) is 4.79 Å². The van der Waals surface area contributed by atoms with Crippen LogP contribution in [0.25, 0.3) is 0 Å². The number of unbranched alkanes of at least 4 members (excludes halogenated alkanes) is 18. The maximum absolute atomic E-state index is 11.7. The zero-order valence-corrected chi connectivity index (χ0v) is 25.8. The summed E-state index contributed by atoms with van der Waals surface area (Å²) in [6.45, 7) is 5.74. The molecule has 0 bridgehead atoms. The monoisotopic (exact) mass is 543 g/mol. The summed E-state index contributed by atoms with van der Waals surface area (Å²) < 4.78 is 11.7. The summed E-state index contributed by atoms with van der Waals surface area (Å²) in [5.41, 5.74) is -0.499. The predicted octanol–water partition coefficient (Wildman–Crippen LogP) is 8.98. The van der Waals surface area contributed by atoms with E-state index >= 15 is 0 Å². The smallest absolute Gasteiger partial charge is 0.407 e. The number of rotatable bonds is 29. The first-order valence-corrected chi connectivity index (χ1v) is 16.1. The van der Waals surface area contributed by atoms with Gasteiger partial charge in [0.15, 0.2) is 0 Å². The van der Waals surface area contributed by atoms with E-state index in [4.69, 9.17) is 14.6 Å². The van der Waals surface area contributed by atoms with Crippen LogP contribution in [0.1, 0.15) is 155 Å². The van der Waals surface area contributed by atoms with Gasteiger partial charge in [-0.2, -0.15) is 0 Å². The van der Waals surface area contributed by atoms with Crippen LogP contribution in [0.4, 0.5) is 4.79 Å². The number of carbonyl (C=O) groups is 1. The van der Waals surface area contributed by atoms with Gasteiger partial charge in [0.25, 0.3) is 0 Å². The fourth-order valence-electron chi connectivity index (χ4n) is 5.17. The van der Waals surface area contributed by atoms with E-state index in [9.17, 15) is 9.90 Å². The summed E-state index contributed by atoms with van der Waals surface area (Å²) in [6, 6.07) is -0.0681. The molecule has 228 valence electrons. The third kappa shape index (κ3) is 22.0. The lowest BCUT2D eigenvalue weighted by atomic mass is 9.92. The van der Waals surface area contributed by atoms with Crippen LogP contribution in [0.15, 0.2) is 0 Å². The molecule has 2 unspecified atom stereocenters. The molecule has 1 amide bonds. The molecular weight excluding hydrogens is 478 g/mol. The summed E-state index contributed by atoms with van der Waals surface area (Å²) in [6.07, 6.45) is 25.8. The molecule has 0 radical (unpaired) electrons. The van der Waals surface area contributed by atoms with Crippen molar-refractivity contribution in [3.05, 3.63) is 0 Å². The molecule has 6 heteroatoms. The number of hydrogen-bond donors (Lipinski definition) is 2. The van der Waals surface area contributed by atoms with Crippen LogP contribution in [-0.4, -0.2) is 66.8 Å². The van der Waals surface area contributed by atoms with Gasteiger partial charge in [0.2, 0.25) is 0 Å². The van der Waals surface area contributed by atoms with Gasteiger partial charge in [-0.1, -0.05) is 122 Å². The van der Waals surface area contributed by atoms with Crippen LogP contribution in [0, 0.1) is 0 Å². The standard InChI is InChI=1S/C32H65NO5/c1-5-6-7-8-9-10-11-12-13-14-15-16-17-19-22-25-30(33(3)31(35)36)28-32(2,37-4)29-38-27-24-21-18-20-23-26-34/h30,34H,5-29H2,1-4H3,(H,35,36). The Morgan fingerprint density at radius 1 is 0.763 bits per heavy atom. The maximum atomic E-state index is 11.7. The van der Waals surface area contributed by atoms with Gasteiger partial charge in [-0.3, -0.25) is 0 Å². The summed E-state index contributed by atoms with van der Waals surface area (Å²) in [5, 5.41) is 18.5. The van der Waals surface area contributed by atoms with Gasteiger partial charge in [0, 0.05) is 33.4 Å². The summed E-state index contributed by atoms with van der Waals surface area (Å²) in [4.78, 5) is 13.2. The molecule has 0 aliphatic heterocycles. The quantitative estimate of drug-likeness (QED) is 0.0920. The highest BCUT2D eigenvalue weighted by atomic mass is 16.5. The van der Waals surface area contributed by atoms with Gasteiger partial charge >= 0.3 is 6.09 Å². The Bertz CT molecular complexity index is 518. The van der Waals surface area contributed by atoms with Gasteiger partial charge < -0.3 is 24.6 Å². The molecule has 0 aromatic rings. The van der Waals surface area contributed by atoms with E-state index in [2.05, 4.69) is 6.92 Å². The predicted molar refractivity (Wildman–Crippen MR) is 160 cm³/mol. The molecule has 2 N–H and O–H groups in total. The van der Waals surface area contributed by atoms with Crippen LogP contribution in [0.3, 0.4) is 0 Å². The molecule has 0 aliphatic carbocycles. The number of aliphatic hydroxyl groups is 1. The molecular formula is C32H65NO5. The first kappa shape index (κ1) is 37.1. The minimum absolute atomic E-state index is 0.0681. The molecule has 38 heavy (non-hydrogen) atoms. The number of carboxylic acid groups (broad SMARTS) is 1. The van der Waals surface area contributed by atoms with Crippen LogP contribution in [0.5, 0.6) is 0 Å². The zero-order chi connectivity index (χ0) is 28.3. The molecule has 0 aliphatic rings. The van der Waals surface area contributed by atoms with Crippen LogP contribution in [0.2, 0.25) is 0 Å². The zero-order valence-electron chi connectivity index (χ0n) is 25.8. The van der Waals surface area contributed by atoms with Crippen molar-refractivity contribution in [1.82, 2.24) is 4.90 Å². The maximum Gasteiger partial charge on any atom is 0.407 e.